The Morgan fingerprint density at radius 3 is 2.63 bits per heavy atom. The molecule has 3 unspecified atom stereocenters. The molecule has 35 heavy (non-hydrogen) atoms. The van der Waals surface area contributed by atoms with Crippen molar-refractivity contribution in [1.29, 1.82) is 0 Å². The summed E-state index contributed by atoms with van der Waals surface area (Å²) in [5, 5.41) is 12.8. The predicted molar refractivity (Wildman–Crippen MR) is 118 cm³/mol. The number of hydrogen-bond donors (Lipinski definition) is 2. The number of aliphatic hydroxyl groups is 1. The molecule has 2 fully saturated rings. The summed E-state index contributed by atoms with van der Waals surface area (Å²) in [6.45, 7) is 1.16. The van der Waals surface area contributed by atoms with Gasteiger partial charge in [0.1, 0.15) is 11.9 Å². The van der Waals surface area contributed by atoms with Crippen LogP contribution in [-0.2, 0) is 18.6 Å². The number of nitrogens with one attached hydrogen (secondary N) is 1. The zero-order chi connectivity index (χ0) is 25.4. The average molecular weight is 514 g/mol. The van der Waals surface area contributed by atoms with Crippen molar-refractivity contribution < 1.29 is 37.0 Å². The van der Waals surface area contributed by atoms with Crippen molar-refractivity contribution in [2.75, 3.05) is 20.2 Å². The van der Waals surface area contributed by atoms with Crippen molar-refractivity contribution in [3.63, 3.8) is 0 Å². The van der Waals surface area contributed by atoms with Crippen LogP contribution in [0.15, 0.2) is 47.4 Å². The Morgan fingerprint density at radius 2 is 2.00 bits per heavy atom. The number of benzene rings is 1. The van der Waals surface area contributed by atoms with E-state index in [1.165, 1.54) is 30.0 Å². The largest absolute Gasteiger partial charge is 0.459 e. The van der Waals surface area contributed by atoms with E-state index >= 15 is 0 Å². The lowest BCUT2D eigenvalue weighted by atomic mass is 10.1. The maximum atomic E-state index is 14.8. The van der Waals surface area contributed by atoms with Crippen LogP contribution in [0.4, 0.5) is 8.78 Å². The zero-order valence-corrected chi connectivity index (χ0v) is 19.8. The van der Waals surface area contributed by atoms with Gasteiger partial charge in [-0.05, 0) is 31.5 Å². The molecule has 1 aromatic heterocycles. The molecule has 1 amide bonds. The fourth-order valence-corrected chi connectivity index (χ4v) is 5.34. The van der Waals surface area contributed by atoms with E-state index in [0.29, 0.717) is 23.2 Å². The fourth-order valence-electron chi connectivity index (χ4n) is 3.80. The van der Waals surface area contributed by atoms with E-state index in [9.17, 15) is 28.0 Å². The number of likely N-dealkylation sites (N-methyl/N-ethyl adjacent to an activating group) is 1. The number of rotatable bonds is 8. The van der Waals surface area contributed by atoms with Gasteiger partial charge in [-0.15, -0.1) is 0 Å². The SMILES string of the molecule is Cc1ccn(C2O[C@H](COP(=O)(NC3CCN(C)C3=O)Oc3ccccc3)[C@@H](O)C2(F)F)c(=O)n1. The summed E-state index contributed by atoms with van der Waals surface area (Å²) in [6, 6.07) is 8.42. The van der Waals surface area contributed by atoms with E-state index in [0.717, 1.165) is 6.20 Å². The van der Waals surface area contributed by atoms with Gasteiger partial charge in [0.25, 0.3) is 0 Å². The normalized spacial score (nSPS) is 27.7. The van der Waals surface area contributed by atoms with Gasteiger partial charge in [-0.2, -0.15) is 18.9 Å². The van der Waals surface area contributed by atoms with Gasteiger partial charge < -0.3 is 19.3 Å². The molecule has 0 spiro atoms. The molecule has 3 heterocycles. The first kappa shape index (κ1) is 25.4. The van der Waals surface area contributed by atoms with Crippen LogP contribution in [0.2, 0.25) is 0 Å². The number of carbonyl (C=O) groups is 1. The second-order valence-electron chi connectivity index (χ2n) is 8.33. The first-order valence-corrected chi connectivity index (χ1v) is 12.3. The summed E-state index contributed by atoms with van der Waals surface area (Å²) >= 11 is 0. The number of amides is 1. The van der Waals surface area contributed by atoms with Crippen molar-refractivity contribution in [2.45, 2.75) is 43.7 Å². The third-order valence-electron chi connectivity index (χ3n) is 5.72. The monoisotopic (exact) mass is 514 g/mol. The van der Waals surface area contributed by atoms with E-state index in [4.69, 9.17) is 13.8 Å². The highest BCUT2D eigenvalue weighted by Gasteiger charge is 2.60. The summed E-state index contributed by atoms with van der Waals surface area (Å²) < 4.78 is 59.9. The molecular weight excluding hydrogens is 489 g/mol. The van der Waals surface area contributed by atoms with E-state index in [2.05, 4.69) is 10.1 Å². The molecule has 0 saturated carbocycles. The van der Waals surface area contributed by atoms with Crippen LogP contribution in [0.3, 0.4) is 0 Å². The second-order valence-corrected chi connectivity index (χ2v) is 10.0. The number of aromatic nitrogens is 2. The standard InChI is InChI=1S/C21H25F2N4O7P/c1-13-8-11-27(20(30)24-13)19-21(22,23)17(28)16(33-19)12-32-35(31,34-14-6-4-3-5-7-14)25-15-9-10-26(2)18(15)29/h3-8,11,15-17,19,28H,9-10,12H2,1-2H3,(H,25,31)/t15?,16-,17-,19?,35?/m1/s1. The lowest BCUT2D eigenvalue weighted by molar-refractivity contribution is -0.141. The smallest absolute Gasteiger partial charge is 0.413 e. The van der Waals surface area contributed by atoms with Crippen molar-refractivity contribution >= 4 is 13.7 Å². The van der Waals surface area contributed by atoms with Crippen molar-refractivity contribution in [3.8, 4) is 5.75 Å². The molecule has 1 aromatic carbocycles. The number of alkyl halides is 2. The van der Waals surface area contributed by atoms with E-state index in [1.54, 1.807) is 25.2 Å². The Kier molecular flexibility index (Phi) is 7.07. The van der Waals surface area contributed by atoms with Crippen LogP contribution in [0.1, 0.15) is 18.3 Å². The van der Waals surface area contributed by atoms with E-state index < -0.39 is 50.4 Å². The average Bonchev–Trinajstić information content (AvgIpc) is 3.23. The summed E-state index contributed by atoms with van der Waals surface area (Å²) in [4.78, 5) is 29.5. The van der Waals surface area contributed by atoms with Crippen LogP contribution in [-0.4, -0.2) is 69.8 Å². The fraction of sp³-hybridized carbons (Fsp3) is 0.476. The zero-order valence-electron chi connectivity index (χ0n) is 18.9. The molecule has 0 aliphatic carbocycles. The maximum Gasteiger partial charge on any atom is 0.459 e. The van der Waals surface area contributed by atoms with Gasteiger partial charge in [-0.3, -0.25) is 13.9 Å². The minimum absolute atomic E-state index is 0.149. The number of halogens is 2. The van der Waals surface area contributed by atoms with Crippen LogP contribution in [0.25, 0.3) is 0 Å². The van der Waals surface area contributed by atoms with Gasteiger partial charge >= 0.3 is 19.4 Å². The molecule has 2 aromatic rings. The number of hydrogen-bond acceptors (Lipinski definition) is 8. The molecule has 5 atom stereocenters. The van der Waals surface area contributed by atoms with Crippen LogP contribution in [0.5, 0.6) is 5.75 Å². The van der Waals surface area contributed by atoms with Gasteiger partial charge in [0.05, 0.1) is 12.6 Å². The van der Waals surface area contributed by atoms with Crippen molar-refractivity contribution in [2.24, 2.45) is 0 Å². The van der Waals surface area contributed by atoms with Gasteiger partial charge in [0.2, 0.25) is 12.1 Å². The number of likely N-dealkylation sites (tertiary alicyclic amines) is 1. The topological polar surface area (TPSA) is 132 Å². The van der Waals surface area contributed by atoms with Crippen molar-refractivity contribution in [3.05, 3.63) is 58.8 Å². The Balaban J connectivity index is 1.53. The minimum Gasteiger partial charge on any atom is -0.413 e. The van der Waals surface area contributed by atoms with Gasteiger partial charge in [-0.1, -0.05) is 18.2 Å². The number of ether oxygens (including phenoxy) is 1. The maximum absolute atomic E-state index is 14.8. The van der Waals surface area contributed by atoms with Crippen LogP contribution < -0.4 is 15.3 Å². The number of para-hydroxylation sites is 1. The molecular formula is C21H25F2N4O7P. The number of carbonyl (C=O) groups excluding carboxylic acids is 1. The highest BCUT2D eigenvalue weighted by Crippen LogP contribution is 2.48. The molecule has 2 saturated heterocycles. The Labute approximate surface area is 199 Å². The second kappa shape index (κ2) is 9.75. The molecule has 2 N–H and O–H groups in total. The van der Waals surface area contributed by atoms with Gasteiger partial charge in [0, 0.05) is 25.5 Å². The van der Waals surface area contributed by atoms with E-state index in [-0.39, 0.29) is 11.7 Å². The molecule has 2 aliphatic rings. The summed E-state index contributed by atoms with van der Waals surface area (Å²) in [5.41, 5.74) is -0.655. The molecule has 190 valence electrons. The lowest BCUT2D eigenvalue weighted by Crippen LogP contribution is -2.42. The predicted octanol–water partition coefficient (Wildman–Crippen LogP) is 1.47. The summed E-state index contributed by atoms with van der Waals surface area (Å²) in [7, 11) is -2.71. The first-order chi connectivity index (χ1) is 16.5. The Morgan fingerprint density at radius 1 is 1.29 bits per heavy atom. The minimum atomic E-state index is -4.30. The van der Waals surface area contributed by atoms with Gasteiger partial charge in [0.15, 0.2) is 6.10 Å². The molecule has 0 radical (unpaired) electrons. The Bertz CT molecular complexity index is 1180. The highest BCUT2D eigenvalue weighted by molar-refractivity contribution is 7.52. The molecule has 4 rings (SSSR count). The first-order valence-electron chi connectivity index (χ1n) is 10.8. The van der Waals surface area contributed by atoms with E-state index in [1.807, 2.05) is 0 Å². The molecule has 2 aliphatic heterocycles. The van der Waals surface area contributed by atoms with Crippen LogP contribution >= 0.6 is 7.75 Å². The van der Waals surface area contributed by atoms with Gasteiger partial charge in [-0.25, -0.2) is 9.36 Å². The molecule has 0 bridgehead atoms. The third kappa shape index (κ3) is 5.29. The third-order valence-corrected chi connectivity index (χ3v) is 7.29. The number of aryl methyl sites for hydroxylation is 1. The summed E-state index contributed by atoms with van der Waals surface area (Å²) in [6.07, 6.45) is -4.79. The highest BCUT2D eigenvalue weighted by atomic mass is 31.2. The lowest BCUT2D eigenvalue weighted by Gasteiger charge is -2.24. The van der Waals surface area contributed by atoms with Crippen LogP contribution in [0, 0.1) is 6.92 Å². The number of nitrogens with zero attached hydrogens (tertiary/aromatic N) is 3. The van der Waals surface area contributed by atoms with Crippen molar-refractivity contribution in [1.82, 2.24) is 19.5 Å². The summed E-state index contributed by atoms with van der Waals surface area (Å²) in [5.74, 6) is -4.06. The Hall–Kier alpha value is -2.70. The number of aliphatic hydroxyl groups excluding tert-OH is 1. The molecule has 14 heteroatoms. The quantitative estimate of drug-likeness (QED) is 0.503. The molecule has 11 nitrogen and oxygen atoms in total.